The van der Waals surface area contributed by atoms with E-state index in [9.17, 15) is 4.79 Å². The minimum absolute atomic E-state index is 0.0354. The summed E-state index contributed by atoms with van der Waals surface area (Å²) in [6.45, 7) is 8.67. The van der Waals surface area contributed by atoms with E-state index in [-0.39, 0.29) is 24.5 Å². The second-order valence-electron chi connectivity index (χ2n) is 6.18. The van der Waals surface area contributed by atoms with Gasteiger partial charge in [-0.3, -0.25) is 4.79 Å². The summed E-state index contributed by atoms with van der Waals surface area (Å²) in [6.07, 6.45) is 5.74. The minimum Gasteiger partial charge on any atom is -0.352 e. The van der Waals surface area contributed by atoms with Crippen molar-refractivity contribution in [3.05, 3.63) is 11.9 Å². The van der Waals surface area contributed by atoms with E-state index < -0.39 is 0 Å². The second kappa shape index (κ2) is 8.77. The van der Waals surface area contributed by atoms with Gasteiger partial charge in [0, 0.05) is 6.04 Å². The lowest BCUT2D eigenvalue weighted by molar-refractivity contribution is -0.122. The summed E-state index contributed by atoms with van der Waals surface area (Å²) in [5.74, 6) is 0.619. The Balaban J connectivity index is 2.41. The van der Waals surface area contributed by atoms with Crippen molar-refractivity contribution in [1.82, 2.24) is 20.3 Å². The predicted molar refractivity (Wildman–Crippen MR) is 83.5 cm³/mol. The Hall–Kier alpha value is -1.43. The van der Waals surface area contributed by atoms with Crippen molar-refractivity contribution in [2.24, 2.45) is 11.7 Å². The van der Waals surface area contributed by atoms with Gasteiger partial charge in [0.2, 0.25) is 5.91 Å². The third kappa shape index (κ3) is 6.71. The molecule has 6 heteroatoms. The maximum atomic E-state index is 11.9. The Kier molecular flexibility index (Phi) is 7.36. The molecule has 1 heterocycles. The van der Waals surface area contributed by atoms with Crippen molar-refractivity contribution < 1.29 is 4.79 Å². The molecule has 0 aliphatic rings. The monoisotopic (exact) mass is 295 g/mol. The molecular formula is C15H29N5O. The molecule has 1 amide bonds. The van der Waals surface area contributed by atoms with Gasteiger partial charge in [-0.15, -0.1) is 5.10 Å². The molecule has 0 spiro atoms. The highest BCUT2D eigenvalue weighted by Gasteiger charge is 2.13. The lowest BCUT2D eigenvalue weighted by atomic mass is 10.0. The summed E-state index contributed by atoms with van der Waals surface area (Å²) in [5, 5.41) is 11.0. The van der Waals surface area contributed by atoms with Gasteiger partial charge in [-0.2, -0.15) is 0 Å². The van der Waals surface area contributed by atoms with Crippen molar-refractivity contribution in [3.63, 3.8) is 0 Å². The zero-order chi connectivity index (χ0) is 15.8. The molecule has 1 rings (SSSR count). The molecule has 0 aromatic carbocycles. The molecule has 21 heavy (non-hydrogen) atoms. The number of carbonyl (C=O) groups excluding carboxylic acids is 1. The van der Waals surface area contributed by atoms with Crippen molar-refractivity contribution in [1.29, 1.82) is 0 Å². The van der Waals surface area contributed by atoms with Gasteiger partial charge in [0.25, 0.3) is 0 Å². The van der Waals surface area contributed by atoms with E-state index >= 15 is 0 Å². The number of nitrogens with two attached hydrogens (primary N) is 1. The Bertz CT molecular complexity index is 429. The van der Waals surface area contributed by atoms with Crippen LogP contribution in [-0.2, 0) is 11.3 Å². The molecular weight excluding hydrogens is 266 g/mol. The Labute approximate surface area is 127 Å². The maximum Gasteiger partial charge on any atom is 0.242 e. The van der Waals surface area contributed by atoms with Crippen LogP contribution in [0.15, 0.2) is 6.20 Å². The quantitative estimate of drug-likeness (QED) is 0.730. The first kappa shape index (κ1) is 17.6. The molecule has 120 valence electrons. The van der Waals surface area contributed by atoms with E-state index in [2.05, 4.69) is 36.4 Å². The summed E-state index contributed by atoms with van der Waals surface area (Å²) in [4.78, 5) is 11.9. The smallest absolute Gasteiger partial charge is 0.242 e. The fourth-order valence-electron chi connectivity index (χ4n) is 2.14. The molecule has 3 N–H and O–H groups in total. The molecule has 2 unspecified atom stereocenters. The number of hydrogen-bond donors (Lipinski definition) is 2. The second-order valence-corrected chi connectivity index (χ2v) is 6.18. The number of hydrogen-bond acceptors (Lipinski definition) is 4. The molecule has 0 fully saturated rings. The topological polar surface area (TPSA) is 85.8 Å². The summed E-state index contributed by atoms with van der Waals surface area (Å²) in [7, 11) is 0. The molecule has 0 aliphatic heterocycles. The normalized spacial score (nSPS) is 14.2. The Morgan fingerprint density at radius 3 is 2.67 bits per heavy atom. The lowest BCUT2D eigenvalue weighted by Gasteiger charge is -2.14. The molecule has 0 aliphatic carbocycles. The van der Waals surface area contributed by atoms with Gasteiger partial charge in [-0.05, 0) is 32.1 Å². The van der Waals surface area contributed by atoms with Gasteiger partial charge in [-0.1, -0.05) is 32.4 Å². The van der Waals surface area contributed by atoms with Crippen LogP contribution in [-0.4, -0.2) is 26.9 Å². The van der Waals surface area contributed by atoms with Gasteiger partial charge in [0.1, 0.15) is 6.54 Å². The van der Waals surface area contributed by atoms with E-state index in [1.165, 1.54) is 0 Å². The van der Waals surface area contributed by atoms with Crippen molar-refractivity contribution >= 4 is 5.91 Å². The van der Waals surface area contributed by atoms with E-state index in [0.717, 1.165) is 31.4 Å². The van der Waals surface area contributed by atoms with Crippen LogP contribution in [0.1, 0.15) is 65.1 Å². The predicted octanol–water partition coefficient (Wildman–Crippen LogP) is 2.02. The van der Waals surface area contributed by atoms with E-state index in [0.29, 0.717) is 5.92 Å². The largest absolute Gasteiger partial charge is 0.352 e. The van der Waals surface area contributed by atoms with Gasteiger partial charge in [-0.25, -0.2) is 4.68 Å². The molecule has 2 atom stereocenters. The van der Waals surface area contributed by atoms with Gasteiger partial charge >= 0.3 is 0 Å². The van der Waals surface area contributed by atoms with Crippen molar-refractivity contribution in [3.8, 4) is 0 Å². The van der Waals surface area contributed by atoms with Crippen LogP contribution in [0.25, 0.3) is 0 Å². The molecule has 0 saturated carbocycles. The van der Waals surface area contributed by atoms with Gasteiger partial charge < -0.3 is 11.1 Å². The standard InChI is InChI=1S/C15H29N5O/c1-5-6-13(16)14-9-20(19-18-14)10-15(21)17-12(4)8-7-11(2)3/h9,11-13H,5-8,10,16H2,1-4H3,(H,17,21). The van der Waals surface area contributed by atoms with Crippen LogP contribution in [0.2, 0.25) is 0 Å². The fraction of sp³-hybridized carbons (Fsp3) is 0.800. The lowest BCUT2D eigenvalue weighted by Crippen LogP contribution is -2.35. The number of amides is 1. The maximum absolute atomic E-state index is 11.9. The van der Waals surface area contributed by atoms with Crippen LogP contribution < -0.4 is 11.1 Å². The number of rotatable bonds is 9. The average Bonchev–Trinajstić information content (AvgIpc) is 2.85. The molecule has 0 saturated heterocycles. The average molecular weight is 295 g/mol. The highest BCUT2D eigenvalue weighted by Crippen LogP contribution is 2.11. The van der Waals surface area contributed by atoms with Crippen LogP contribution in [0.4, 0.5) is 0 Å². The van der Waals surface area contributed by atoms with Crippen molar-refractivity contribution in [2.75, 3.05) is 0 Å². The zero-order valence-electron chi connectivity index (χ0n) is 13.7. The first-order valence-corrected chi connectivity index (χ1v) is 7.87. The molecule has 1 aromatic rings. The highest BCUT2D eigenvalue weighted by molar-refractivity contribution is 5.75. The number of nitrogens with one attached hydrogen (secondary N) is 1. The first-order valence-electron chi connectivity index (χ1n) is 7.87. The molecule has 0 radical (unpaired) electrons. The summed E-state index contributed by atoms with van der Waals surface area (Å²) < 4.78 is 1.55. The molecule has 1 aromatic heterocycles. The number of nitrogens with zero attached hydrogens (tertiary/aromatic N) is 3. The Morgan fingerprint density at radius 1 is 1.33 bits per heavy atom. The summed E-state index contributed by atoms with van der Waals surface area (Å²) >= 11 is 0. The summed E-state index contributed by atoms with van der Waals surface area (Å²) in [6, 6.07) is 0.0852. The summed E-state index contributed by atoms with van der Waals surface area (Å²) in [5.41, 5.74) is 6.73. The van der Waals surface area contributed by atoms with Crippen LogP contribution >= 0.6 is 0 Å². The minimum atomic E-state index is -0.100. The number of carbonyl (C=O) groups is 1. The molecule has 6 nitrogen and oxygen atoms in total. The number of aromatic nitrogens is 3. The van der Waals surface area contributed by atoms with Crippen LogP contribution in [0.3, 0.4) is 0 Å². The van der Waals surface area contributed by atoms with Crippen LogP contribution in [0, 0.1) is 5.92 Å². The Morgan fingerprint density at radius 2 is 2.05 bits per heavy atom. The highest BCUT2D eigenvalue weighted by atomic mass is 16.2. The third-order valence-corrected chi connectivity index (χ3v) is 3.43. The van der Waals surface area contributed by atoms with E-state index in [1.54, 1.807) is 10.9 Å². The fourth-order valence-corrected chi connectivity index (χ4v) is 2.14. The van der Waals surface area contributed by atoms with Gasteiger partial charge in [0.05, 0.1) is 17.9 Å². The van der Waals surface area contributed by atoms with Crippen LogP contribution in [0.5, 0.6) is 0 Å². The van der Waals surface area contributed by atoms with E-state index in [1.807, 2.05) is 6.92 Å². The zero-order valence-corrected chi connectivity index (χ0v) is 13.7. The first-order chi connectivity index (χ1) is 9.92. The third-order valence-electron chi connectivity index (χ3n) is 3.43. The van der Waals surface area contributed by atoms with Gasteiger partial charge in [0.15, 0.2) is 0 Å². The SMILES string of the molecule is CCCC(N)c1cn(CC(=O)NC(C)CCC(C)C)nn1. The molecule has 0 bridgehead atoms. The van der Waals surface area contributed by atoms with E-state index in [4.69, 9.17) is 5.73 Å². The van der Waals surface area contributed by atoms with Crippen molar-refractivity contribution in [2.45, 2.75) is 72.0 Å².